The number of pyridine rings is 1. The molecule has 0 saturated heterocycles. The normalized spacial score (nSPS) is 12.2. The third kappa shape index (κ3) is 2.43. The second-order valence-corrected chi connectivity index (χ2v) is 6.02. The van der Waals surface area contributed by atoms with E-state index in [-0.39, 0.29) is 11.1 Å². The second kappa shape index (κ2) is 5.53. The van der Waals surface area contributed by atoms with Crippen LogP contribution >= 0.6 is 11.6 Å². The minimum Gasteiger partial charge on any atom is -0.281 e. The SMILES string of the molecule is Cc1cc2c(cnc3ncnn32)c(=O)n1-c1ccc(Cl)c(C(F)(F)F)c1. The van der Waals surface area contributed by atoms with E-state index in [0.29, 0.717) is 17.0 Å². The number of hydrogen-bond donors (Lipinski definition) is 0. The highest BCUT2D eigenvalue weighted by atomic mass is 35.5. The number of nitrogens with zero attached hydrogens (tertiary/aromatic N) is 5. The lowest BCUT2D eigenvalue weighted by Crippen LogP contribution is -2.22. The Morgan fingerprint density at radius 3 is 2.65 bits per heavy atom. The van der Waals surface area contributed by atoms with Gasteiger partial charge in [0.1, 0.15) is 6.33 Å². The lowest BCUT2D eigenvalue weighted by molar-refractivity contribution is -0.137. The van der Waals surface area contributed by atoms with Crippen LogP contribution in [0.4, 0.5) is 13.2 Å². The number of rotatable bonds is 1. The van der Waals surface area contributed by atoms with Gasteiger partial charge in [-0.1, -0.05) is 11.6 Å². The van der Waals surface area contributed by atoms with Gasteiger partial charge in [0.2, 0.25) is 0 Å². The molecule has 4 aromatic rings. The first-order valence-electron chi connectivity index (χ1n) is 7.35. The molecule has 0 spiro atoms. The number of alkyl halides is 3. The zero-order valence-corrected chi connectivity index (χ0v) is 13.9. The van der Waals surface area contributed by atoms with Crippen LogP contribution in [0.5, 0.6) is 0 Å². The summed E-state index contributed by atoms with van der Waals surface area (Å²) in [6.07, 6.45) is -1.99. The maximum Gasteiger partial charge on any atom is 0.417 e. The van der Waals surface area contributed by atoms with Gasteiger partial charge in [-0.25, -0.2) is 4.98 Å². The van der Waals surface area contributed by atoms with Gasteiger partial charge in [-0.2, -0.15) is 27.8 Å². The summed E-state index contributed by atoms with van der Waals surface area (Å²) in [6.45, 7) is 1.62. The van der Waals surface area contributed by atoms with Crippen molar-refractivity contribution in [2.45, 2.75) is 13.1 Å². The minimum absolute atomic E-state index is 0.0600. The molecule has 0 saturated carbocycles. The van der Waals surface area contributed by atoms with Crippen LogP contribution in [0.15, 0.2) is 41.6 Å². The van der Waals surface area contributed by atoms with Gasteiger partial charge < -0.3 is 0 Å². The first-order valence-corrected chi connectivity index (χ1v) is 7.73. The Morgan fingerprint density at radius 1 is 1.15 bits per heavy atom. The summed E-state index contributed by atoms with van der Waals surface area (Å²) in [4.78, 5) is 20.9. The van der Waals surface area contributed by atoms with E-state index in [2.05, 4.69) is 15.1 Å². The summed E-state index contributed by atoms with van der Waals surface area (Å²) < 4.78 is 42.0. The van der Waals surface area contributed by atoms with Gasteiger partial charge in [0.25, 0.3) is 11.3 Å². The molecule has 0 aliphatic carbocycles. The van der Waals surface area contributed by atoms with Gasteiger partial charge in [-0.05, 0) is 31.2 Å². The zero-order chi connectivity index (χ0) is 18.6. The lowest BCUT2D eigenvalue weighted by atomic mass is 10.1. The summed E-state index contributed by atoms with van der Waals surface area (Å²) in [5.74, 6) is 0.319. The van der Waals surface area contributed by atoms with Crippen LogP contribution < -0.4 is 5.56 Å². The number of aryl methyl sites for hydroxylation is 1. The van der Waals surface area contributed by atoms with Crippen molar-refractivity contribution in [2.24, 2.45) is 0 Å². The Morgan fingerprint density at radius 2 is 1.92 bits per heavy atom. The van der Waals surface area contributed by atoms with Crippen LogP contribution in [0.25, 0.3) is 22.4 Å². The molecule has 1 aromatic carbocycles. The third-order valence-electron chi connectivity index (χ3n) is 3.99. The van der Waals surface area contributed by atoms with Crippen molar-refractivity contribution in [1.82, 2.24) is 24.1 Å². The van der Waals surface area contributed by atoms with Crippen LogP contribution in [-0.4, -0.2) is 24.1 Å². The van der Waals surface area contributed by atoms with Crippen LogP contribution in [0, 0.1) is 6.92 Å². The third-order valence-corrected chi connectivity index (χ3v) is 4.32. The maximum absolute atomic E-state index is 13.1. The summed E-state index contributed by atoms with van der Waals surface area (Å²) >= 11 is 5.66. The molecule has 3 aromatic heterocycles. The molecule has 0 atom stereocenters. The van der Waals surface area contributed by atoms with Crippen molar-refractivity contribution in [3.63, 3.8) is 0 Å². The Hall–Kier alpha value is -2.94. The van der Waals surface area contributed by atoms with Crippen LogP contribution in [0.3, 0.4) is 0 Å². The van der Waals surface area contributed by atoms with Gasteiger partial charge in [0.15, 0.2) is 0 Å². The smallest absolute Gasteiger partial charge is 0.281 e. The second-order valence-electron chi connectivity index (χ2n) is 5.62. The molecule has 0 N–H and O–H groups in total. The summed E-state index contributed by atoms with van der Waals surface area (Å²) in [5.41, 5.74) is -0.560. The van der Waals surface area contributed by atoms with E-state index >= 15 is 0 Å². The fraction of sp³-hybridized carbons (Fsp3) is 0.125. The monoisotopic (exact) mass is 379 g/mol. The van der Waals surface area contributed by atoms with E-state index in [4.69, 9.17) is 11.6 Å². The molecule has 0 aliphatic heterocycles. The van der Waals surface area contributed by atoms with E-state index in [1.807, 2.05) is 0 Å². The van der Waals surface area contributed by atoms with Crippen molar-refractivity contribution in [3.05, 3.63) is 63.4 Å². The molecule has 4 rings (SSSR count). The number of halogens is 4. The topological polar surface area (TPSA) is 65.1 Å². The first kappa shape index (κ1) is 16.5. The molecule has 26 heavy (non-hydrogen) atoms. The molecule has 3 heterocycles. The summed E-state index contributed by atoms with van der Waals surface area (Å²) in [5, 5.41) is 3.79. The number of benzene rings is 1. The summed E-state index contributed by atoms with van der Waals surface area (Å²) in [6, 6.07) is 4.97. The predicted molar refractivity (Wildman–Crippen MR) is 88.6 cm³/mol. The van der Waals surface area contributed by atoms with Crippen LogP contribution in [0.1, 0.15) is 11.3 Å². The number of fused-ring (bicyclic) bond motifs is 3. The van der Waals surface area contributed by atoms with Gasteiger partial charge in [-0.3, -0.25) is 9.36 Å². The molecule has 6 nitrogen and oxygen atoms in total. The highest BCUT2D eigenvalue weighted by Gasteiger charge is 2.33. The van der Waals surface area contributed by atoms with E-state index in [9.17, 15) is 18.0 Å². The average molecular weight is 380 g/mol. The predicted octanol–water partition coefficient (Wildman–Crippen LogP) is 3.41. The molecule has 0 unspecified atom stereocenters. The summed E-state index contributed by atoms with van der Waals surface area (Å²) in [7, 11) is 0. The van der Waals surface area contributed by atoms with Crippen molar-refractivity contribution >= 4 is 28.3 Å². The van der Waals surface area contributed by atoms with Crippen molar-refractivity contribution < 1.29 is 13.2 Å². The first-order chi connectivity index (χ1) is 12.3. The highest BCUT2D eigenvalue weighted by Crippen LogP contribution is 2.35. The average Bonchev–Trinajstić information content (AvgIpc) is 3.04. The van der Waals surface area contributed by atoms with Crippen molar-refractivity contribution in [3.8, 4) is 5.69 Å². The molecular formula is C16H9ClF3N5O. The highest BCUT2D eigenvalue weighted by molar-refractivity contribution is 6.31. The van der Waals surface area contributed by atoms with E-state index < -0.39 is 22.3 Å². The molecule has 0 aliphatic rings. The Labute approximate surface area is 148 Å². The molecule has 0 radical (unpaired) electrons. The number of hydrogen-bond acceptors (Lipinski definition) is 4. The molecule has 10 heteroatoms. The minimum atomic E-state index is -4.63. The molecule has 0 amide bonds. The van der Waals surface area contributed by atoms with Gasteiger partial charge in [0.05, 0.1) is 21.5 Å². The molecule has 132 valence electrons. The van der Waals surface area contributed by atoms with Crippen molar-refractivity contribution in [2.75, 3.05) is 0 Å². The maximum atomic E-state index is 13.1. The van der Waals surface area contributed by atoms with Crippen molar-refractivity contribution in [1.29, 1.82) is 0 Å². The quantitative estimate of drug-likeness (QED) is 0.508. The lowest BCUT2D eigenvalue weighted by Gasteiger charge is -2.15. The van der Waals surface area contributed by atoms with Crippen LogP contribution in [-0.2, 0) is 6.18 Å². The van der Waals surface area contributed by atoms with Crippen LogP contribution in [0.2, 0.25) is 5.02 Å². The largest absolute Gasteiger partial charge is 0.417 e. The van der Waals surface area contributed by atoms with E-state index in [0.717, 1.165) is 12.1 Å². The standard InChI is InChI=1S/C16H9ClF3N5O/c1-8-4-13-10(6-21-15-22-7-23-25(13)15)14(26)24(8)9-2-3-12(17)11(5-9)16(18,19)20/h2-7H,1H3. The van der Waals surface area contributed by atoms with Gasteiger partial charge in [0, 0.05) is 17.6 Å². The van der Waals surface area contributed by atoms with E-state index in [1.165, 1.54) is 27.7 Å². The molecular weight excluding hydrogens is 371 g/mol. The zero-order valence-electron chi connectivity index (χ0n) is 13.1. The Bertz CT molecular complexity index is 1230. The van der Waals surface area contributed by atoms with E-state index in [1.54, 1.807) is 13.0 Å². The van der Waals surface area contributed by atoms with Gasteiger partial charge in [-0.15, -0.1) is 0 Å². The fourth-order valence-electron chi connectivity index (χ4n) is 2.83. The molecule has 0 bridgehead atoms. The number of aromatic nitrogens is 5. The fourth-order valence-corrected chi connectivity index (χ4v) is 3.06. The Kier molecular flexibility index (Phi) is 3.52. The van der Waals surface area contributed by atoms with Gasteiger partial charge >= 0.3 is 6.18 Å². The Balaban J connectivity index is 2.04. The molecule has 0 fully saturated rings.